The lowest BCUT2D eigenvalue weighted by atomic mass is 9.86. The molecular weight excluding hydrogens is 1630 g/mol. The molecule has 8 heterocycles. The van der Waals surface area contributed by atoms with E-state index < -0.39 is 6.09 Å². The van der Waals surface area contributed by atoms with E-state index in [9.17, 15) is 47.9 Å². The fraction of sp³-hybridized carbons (Fsp3) is 0.457. The molecule has 0 fully saturated rings. The second kappa shape index (κ2) is 42.9. The predicted molar refractivity (Wildman–Crippen MR) is 468 cm³/mol. The number of ketones is 5. The quantitative estimate of drug-likeness (QED) is 0.0352. The summed E-state index contributed by atoms with van der Waals surface area (Å²) in [4.78, 5) is 120. The summed E-state index contributed by atoms with van der Waals surface area (Å²) in [6.07, 6.45) is 9.16. The molecule has 12 rings (SSSR count). The number of carbonyl (C=O) groups excluding carboxylic acids is 6. The summed E-state index contributed by atoms with van der Waals surface area (Å²) >= 11 is 19.4. The Bertz CT molecular complexity index is 5430. The van der Waals surface area contributed by atoms with E-state index in [4.69, 9.17) is 86.9 Å². The first-order valence-electron chi connectivity index (χ1n) is 40.6. The van der Waals surface area contributed by atoms with Crippen LogP contribution in [0.2, 0.25) is 15.1 Å². The third-order valence-electron chi connectivity index (χ3n) is 21.1. The molecule has 4 aromatic heterocycles. The number of nitrogens with one attached hydrogen (secondary N) is 1. The van der Waals surface area contributed by atoms with Crippen molar-refractivity contribution in [3.63, 3.8) is 0 Å². The first kappa shape index (κ1) is 95.1. The highest BCUT2D eigenvalue weighted by molar-refractivity contribution is 6.33. The normalized spacial score (nSPS) is 15.1. The van der Waals surface area contributed by atoms with Crippen LogP contribution < -0.4 is 69.7 Å². The van der Waals surface area contributed by atoms with Gasteiger partial charge in [-0.05, 0) is 94.9 Å². The Balaban J connectivity index is 0.000000185. The number of aromatic nitrogens is 4. The smallest absolute Gasteiger partial charge is 0.406 e. The number of rotatable bonds is 28. The van der Waals surface area contributed by atoms with E-state index in [1.807, 2.05) is 24.3 Å². The SMILES string of the molecule is CC(=O)CCCOc1cc2c(cc1Cl)-c1cc(=O)c(C(C)=O)cn1[C@H](C(C)C)CO2.COC(=O)NCCCOc1cc2c(cc1Cl)-c1cc(=O)c(C(C)=O)cn1[C@H](C(C)C)CO2.COCCCOc1cc2c(cc1Cl)-c1cc(=O)c(C(C)=O)cn1[C@H](C(C)C)CO2.COCCCOc1cc2c(cc1OC)-c1cc(=O)c(C(C)=O)cn1[C@H](C(C)(C)C)CO2. The topological polar surface area (TPSA) is 313 Å². The van der Waals surface area contributed by atoms with Crippen molar-refractivity contribution >= 4 is 69.8 Å². The van der Waals surface area contributed by atoms with Crippen LogP contribution in [0.5, 0.6) is 51.7 Å². The minimum absolute atomic E-state index is 0.0408. The third-order valence-corrected chi connectivity index (χ3v) is 22.0. The standard InChI is InChI=1S/C24H31NO6.C23H27ClN2O6.C23H26ClNO5.C22H26ClNO5/c1-15(26)17-13-25-18(11-19(17)27)16-10-21(29-6)22(30-9-7-8-28-5)12-20(16)31-14-23(25)24(2,3)4;1-13(2)19-12-32-21-10-22(31-7-5-6-25-23(29)30-4)17(24)8-15(21)18-9-20(28)16(14(3)27)11-26(18)19;1-13(2)20-12-30-22-10-23(29-7-5-6-14(3)26)18(24)8-16(22)19-9-21(28)17(15(4)27)11-25(19)20;1-13(2)19-12-29-21-10-22(28-7-5-6-27-4)17(23)8-15(21)18-9-20(26)16(14(3)25)11-24(18)19/h10-13,23H,7-9,14H2,1-6H3;8-11,13,19H,5-7,12H2,1-4H3,(H,25,29);8-11,13,20H,5-7,12H2,1-4H3;8-11,13,19H,5-7,12H2,1-4H3/t23-;19-;20-;19-/m0000/s1. The zero-order valence-corrected chi connectivity index (χ0v) is 74.8. The van der Waals surface area contributed by atoms with Gasteiger partial charge in [-0.3, -0.25) is 38.4 Å². The van der Waals surface area contributed by atoms with Crippen molar-refractivity contribution in [2.24, 2.45) is 23.2 Å². The van der Waals surface area contributed by atoms with Crippen LogP contribution in [-0.4, -0.2) is 154 Å². The summed E-state index contributed by atoms with van der Waals surface area (Å²) in [7, 11) is 6.17. The number of amides is 1. The van der Waals surface area contributed by atoms with Crippen LogP contribution in [0.25, 0.3) is 45.0 Å². The molecule has 8 aromatic rings. The average Bonchev–Trinajstić information content (AvgIpc) is 1.53. The zero-order chi connectivity index (χ0) is 89.3. The van der Waals surface area contributed by atoms with E-state index in [1.165, 1.54) is 59.1 Å². The van der Waals surface area contributed by atoms with Gasteiger partial charge in [0.05, 0.1) is 125 Å². The van der Waals surface area contributed by atoms with Crippen LogP contribution in [-0.2, 0) is 19.0 Å². The lowest BCUT2D eigenvalue weighted by Crippen LogP contribution is -2.31. The first-order chi connectivity index (χ1) is 57.9. The molecule has 0 radical (unpaired) electrons. The van der Waals surface area contributed by atoms with Gasteiger partial charge in [0.25, 0.3) is 0 Å². The van der Waals surface area contributed by atoms with E-state index >= 15 is 0 Å². The number of carbonyl (C=O) groups is 6. The van der Waals surface area contributed by atoms with Crippen molar-refractivity contribution in [3.05, 3.63) is 176 Å². The van der Waals surface area contributed by atoms with Crippen molar-refractivity contribution < 1.29 is 85.6 Å². The average molecular weight is 1740 g/mol. The van der Waals surface area contributed by atoms with E-state index in [1.54, 1.807) is 95.5 Å². The van der Waals surface area contributed by atoms with E-state index in [-0.39, 0.29) is 120 Å². The number of methoxy groups -OCH3 is 4. The first-order valence-corrected chi connectivity index (χ1v) is 41.7. The Morgan fingerprint density at radius 1 is 0.410 bits per heavy atom. The molecule has 1 amide bonds. The number of alkyl carbamates (subject to hydrolysis) is 1. The summed E-state index contributed by atoms with van der Waals surface area (Å²) in [6.45, 7) is 30.6. The van der Waals surface area contributed by atoms with Gasteiger partial charge in [-0.15, -0.1) is 0 Å². The van der Waals surface area contributed by atoms with Gasteiger partial charge in [0.15, 0.2) is 56.3 Å². The summed E-state index contributed by atoms with van der Waals surface area (Å²) in [5.41, 5.74) is 4.60. The fourth-order valence-electron chi connectivity index (χ4n) is 14.2. The number of nitrogens with zero attached hydrogens (tertiary/aromatic N) is 4. The molecule has 0 bridgehead atoms. The largest absolute Gasteiger partial charge is 0.493 e. The lowest BCUT2D eigenvalue weighted by Gasteiger charge is -2.32. The van der Waals surface area contributed by atoms with Crippen LogP contribution in [0.1, 0.15) is 195 Å². The van der Waals surface area contributed by atoms with E-state index in [2.05, 4.69) is 72.4 Å². The molecule has 0 spiro atoms. The Morgan fingerprint density at radius 2 is 0.721 bits per heavy atom. The van der Waals surface area contributed by atoms with Crippen molar-refractivity contribution in [3.8, 4) is 96.8 Å². The van der Waals surface area contributed by atoms with Gasteiger partial charge < -0.3 is 85.2 Å². The van der Waals surface area contributed by atoms with Gasteiger partial charge in [-0.25, -0.2) is 4.79 Å². The molecule has 27 nitrogen and oxygen atoms in total. The maximum atomic E-state index is 12.7. The molecular formula is C92H110Cl3N5O22. The molecule has 1 N–H and O–H groups in total. The highest BCUT2D eigenvalue weighted by Crippen LogP contribution is 2.49. The summed E-state index contributed by atoms with van der Waals surface area (Å²) in [5, 5.41) is 3.77. The predicted octanol–water partition coefficient (Wildman–Crippen LogP) is 17.3. The van der Waals surface area contributed by atoms with Crippen molar-refractivity contribution in [2.75, 3.05) is 101 Å². The molecule has 0 saturated carbocycles. The molecule has 0 saturated heterocycles. The highest BCUT2D eigenvalue weighted by Gasteiger charge is 2.36. The van der Waals surface area contributed by atoms with Crippen LogP contribution in [0.15, 0.2) is 117 Å². The fourth-order valence-corrected chi connectivity index (χ4v) is 14.9. The maximum absolute atomic E-state index is 12.7. The molecule has 4 aliphatic rings. The number of ether oxygens (including phenoxy) is 12. The number of Topliss-reactive ketones (excluding diaryl/α,β-unsaturated/α-hetero) is 5. The molecule has 122 heavy (non-hydrogen) atoms. The van der Waals surface area contributed by atoms with Gasteiger partial charge in [-0.2, -0.15) is 0 Å². The molecule has 4 atom stereocenters. The van der Waals surface area contributed by atoms with E-state index in [0.29, 0.717) is 198 Å². The molecule has 656 valence electrons. The Hall–Kier alpha value is -10.7. The van der Waals surface area contributed by atoms with Crippen molar-refractivity contribution in [1.29, 1.82) is 0 Å². The van der Waals surface area contributed by atoms with Gasteiger partial charge in [0, 0.05) is 149 Å². The number of hydrogen-bond acceptors (Lipinski definition) is 22. The monoisotopic (exact) mass is 1740 g/mol. The highest BCUT2D eigenvalue weighted by atomic mass is 35.5. The number of halogens is 3. The molecule has 4 aliphatic heterocycles. The molecule has 30 heteroatoms. The second-order valence-electron chi connectivity index (χ2n) is 32.2. The minimum Gasteiger partial charge on any atom is -0.493 e. The summed E-state index contributed by atoms with van der Waals surface area (Å²) in [5.74, 6) is 4.56. The summed E-state index contributed by atoms with van der Waals surface area (Å²) < 4.78 is 75.7. The van der Waals surface area contributed by atoms with Gasteiger partial charge in [-0.1, -0.05) is 97.1 Å². The van der Waals surface area contributed by atoms with Crippen LogP contribution in [0.3, 0.4) is 0 Å². The third kappa shape index (κ3) is 23.3. The molecule has 0 aliphatic carbocycles. The van der Waals surface area contributed by atoms with Crippen LogP contribution >= 0.6 is 34.8 Å². The molecule has 0 unspecified atom stereocenters. The second-order valence-corrected chi connectivity index (χ2v) is 33.4. The Morgan fingerprint density at radius 3 is 1.04 bits per heavy atom. The van der Waals surface area contributed by atoms with Gasteiger partial charge in [0.1, 0.15) is 72.5 Å². The maximum Gasteiger partial charge on any atom is 0.406 e. The molecule has 4 aromatic carbocycles. The van der Waals surface area contributed by atoms with Gasteiger partial charge in [0.2, 0.25) is 0 Å². The number of pyridine rings is 4. The number of benzene rings is 4. The van der Waals surface area contributed by atoms with Crippen LogP contribution in [0, 0.1) is 23.2 Å². The summed E-state index contributed by atoms with van der Waals surface area (Å²) in [6, 6.07) is 19.7. The van der Waals surface area contributed by atoms with Crippen molar-refractivity contribution in [2.45, 2.75) is 153 Å². The minimum atomic E-state index is -0.497. The van der Waals surface area contributed by atoms with Gasteiger partial charge >= 0.3 is 6.09 Å². The lowest BCUT2D eigenvalue weighted by molar-refractivity contribution is -0.117. The van der Waals surface area contributed by atoms with E-state index in [0.717, 1.165) is 18.4 Å². The van der Waals surface area contributed by atoms with Crippen LogP contribution in [0.4, 0.5) is 4.79 Å². The zero-order valence-electron chi connectivity index (χ0n) is 72.5. The Labute approximate surface area is 724 Å². The number of hydrogen-bond donors (Lipinski definition) is 1. The van der Waals surface area contributed by atoms with Crippen molar-refractivity contribution in [1.82, 2.24) is 23.6 Å². The number of fused-ring (bicyclic) bond motifs is 12. The Kier molecular flexibility index (Phi) is 33.4.